The average molecular weight is 571 g/mol. The molecule has 1 aliphatic heterocycles. The van der Waals surface area contributed by atoms with Crippen LogP contribution in [0.3, 0.4) is 0 Å². The van der Waals surface area contributed by atoms with Crippen LogP contribution in [-0.2, 0) is 13.0 Å². The summed E-state index contributed by atoms with van der Waals surface area (Å²) in [5.74, 6) is -0.116. The number of aromatic nitrogens is 3. The Bertz CT molecular complexity index is 1650. The van der Waals surface area contributed by atoms with E-state index < -0.39 is 11.4 Å². The topological polar surface area (TPSA) is 150 Å². The third-order valence-electron chi connectivity index (χ3n) is 7.18. The van der Waals surface area contributed by atoms with Crippen molar-refractivity contribution in [2.45, 2.75) is 31.8 Å². The van der Waals surface area contributed by atoms with Crippen molar-refractivity contribution in [2.75, 3.05) is 30.0 Å². The molecule has 2 aromatic carbocycles. The number of ether oxygens (including phenoxy) is 1. The van der Waals surface area contributed by atoms with Gasteiger partial charge in [-0.15, -0.1) is 24.8 Å². The molecule has 0 bridgehead atoms. The number of benzene rings is 2. The second kappa shape index (κ2) is 10.6. The number of methoxy groups -OCH3 is 1. The lowest BCUT2D eigenvalue weighted by Crippen LogP contribution is -2.21. The minimum absolute atomic E-state index is 0. The number of carbonyl (C=O) groups is 1. The lowest BCUT2D eigenvalue weighted by molar-refractivity contribution is 0.0695. The zero-order valence-electron chi connectivity index (χ0n) is 21.1. The molecule has 1 aliphatic carbocycles. The Balaban J connectivity index is 0.00000176. The quantitative estimate of drug-likeness (QED) is 0.311. The molecule has 0 spiro atoms. The summed E-state index contributed by atoms with van der Waals surface area (Å²) in [7, 11) is 1.58. The van der Waals surface area contributed by atoms with Crippen LogP contribution in [0.25, 0.3) is 22.0 Å². The van der Waals surface area contributed by atoms with Gasteiger partial charge < -0.3 is 30.8 Å². The van der Waals surface area contributed by atoms with Gasteiger partial charge in [-0.05, 0) is 54.7 Å². The van der Waals surface area contributed by atoms with Gasteiger partial charge >= 0.3 is 5.97 Å². The summed E-state index contributed by atoms with van der Waals surface area (Å²) in [6.07, 6.45) is 5.86. The van der Waals surface area contributed by atoms with Gasteiger partial charge in [0.25, 0.3) is 0 Å². The number of nitrogens with two attached hydrogens (primary N) is 2. The fourth-order valence-electron chi connectivity index (χ4n) is 5.21. The first kappa shape index (κ1) is 28.0. The van der Waals surface area contributed by atoms with Gasteiger partial charge in [0.2, 0.25) is 11.4 Å². The highest BCUT2D eigenvalue weighted by atomic mass is 35.5. The number of halogens is 2. The minimum Gasteiger partial charge on any atom is -0.494 e. The van der Waals surface area contributed by atoms with Crippen molar-refractivity contribution < 1.29 is 14.6 Å². The molecular formula is C27H28Cl2N6O4. The smallest absolute Gasteiger partial charge is 0.341 e. The van der Waals surface area contributed by atoms with E-state index in [1.165, 1.54) is 11.8 Å². The molecule has 0 amide bonds. The molecule has 3 heterocycles. The number of carboxylic acids is 1. The van der Waals surface area contributed by atoms with Crippen LogP contribution in [0.1, 0.15) is 40.4 Å². The monoisotopic (exact) mass is 570 g/mol. The van der Waals surface area contributed by atoms with Crippen molar-refractivity contribution in [1.29, 1.82) is 0 Å². The van der Waals surface area contributed by atoms with Gasteiger partial charge in [-0.1, -0.05) is 6.07 Å². The average Bonchev–Trinajstić information content (AvgIpc) is 3.65. The molecule has 39 heavy (non-hydrogen) atoms. The number of hydrogen-bond acceptors (Lipinski definition) is 8. The van der Waals surface area contributed by atoms with Gasteiger partial charge in [-0.3, -0.25) is 4.79 Å². The zero-order valence-corrected chi connectivity index (χ0v) is 22.7. The van der Waals surface area contributed by atoms with Gasteiger partial charge in [0.05, 0.1) is 18.0 Å². The van der Waals surface area contributed by atoms with Crippen LogP contribution in [0.5, 0.6) is 5.75 Å². The number of hydrogen-bond donors (Lipinski definition) is 3. The van der Waals surface area contributed by atoms with E-state index >= 15 is 0 Å². The van der Waals surface area contributed by atoms with E-state index in [1.54, 1.807) is 19.4 Å². The van der Waals surface area contributed by atoms with E-state index in [-0.39, 0.29) is 42.4 Å². The zero-order chi connectivity index (χ0) is 25.8. The van der Waals surface area contributed by atoms with Crippen molar-refractivity contribution >= 4 is 59.1 Å². The Morgan fingerprint density at radius 3 is 2.62 bits per heavy atom. The first-order chi connectivity index (χ1) is 17.9. The fourth-order valence-corrected chi connectivity index (χ4v) is 5.21. The van der Waals surface area contributed by atoms with E-state index in [4.69, 9.17) is 16.2 Å². The van der Waals surface area contributed by atoms with E-state index in [2.05, 4.69) is 27.0 Å². The van der Waals surface area contributed by atoms with Crippen LogP contribution in [0.4, 0.5) is 17.5 Å². The molecule has 1 fully saturated rings. The van der Waals surface area contributed by atoms with E-state index in [1.807, 2.05) is 16.7 Å². The molecule has 2 aromatic heterocycles. The van der Waals surface area contributed by atoms with Crippen molar-refractivity contribution in [3.05, 3.63) is 69.6 Å². The molecule has 0 atom stereocenters. The molecule has 1 saturated carbocycles. The predicted octanol–water partition coefficient (Wildman–Crippen LogP) is 4.07. The highest BCUT2D eigenvalue weighted by molar-refractivity contribution is 5.98. The second-order valence-electron chi connectivity index (χ2n) is 9.51. The number of pyridine rings is 1. The number of fused-ring (bicyclic) bond motifs is 2. The van der Waals surface area contributed by atoms with Crippen LogP contribution in [0.2, 0.25) is 0 Å². The number of rotatable bonds is 6. The second-order valence-corrected chi connectivity index (χ2v) is 9.51. The summed E-state index contributed by atoms with van der Waals surface area (Å²) in [5, 5.41) is 9.92. The summed E-state index contributed by atoms with van der Waals surface area (Å²) in [6, 6.07) is 9.97. The summed E-state index contributed by atoms with van der Waals surface area (Å²) in [6.45, 7) is 1.41. The highest BCUT2D eigenvalue weighted by Gasteiger charge is 2.29. The van der Waals surface area contributed by atoms with E-state index in [0.717, 1.165) is 48.2 Å². The van der Waals surface area contributed by atoms with Gasteiger partial charge in [0.1, 0.15) is 11.4 Å². The molecule has 2 aliphatic rings. The van der Waals surface area contributed by atoms with E-state index in [9.17, 15) is 14.7 Å². The Labute approximate surface area is 236 Å². The van der Waals surface area contributed by atoms with Crippen LogP contribution in [0, 0.1) is 0 Å². The van der Waals surface area contributed by atoms with Gasteiger partial charge in [0, 0.05) is 48.3 Å². The van der Waals surface area contributed by atoms with Gasteiger partial charge in [-0.25, -0.2) is 9.78 Å². The summed E-state index contributed by atoms with van der Waals surface area (Å²) in [4.78, 5) is 35.1. The maximum Gasteiger partial charge on any atom is 0.341 e. The molecule has 204 valence electrons. The molecule has 0 unspecified atom stereocenters. The number of aromatic carboxylic acids is 1. The molecule has 5 N–H and O–H groups in total. The standard InChI is InChI=1S/C27H26N6O4.2ClH/c1-37-24-18(5-6-19-22(24)33(17-3-4-17)13-20(23(19)34)26(35)36)14-2-7-21-15(10-14)8-9-32(21)12-16-11-30-27(29)31-25(16)28;;/h2,5-7,10-11,13,17H,3-4,8-9,12H2,1H3,(H,35,36)(H4,28,29,30,31);2*1H. The van der Waals surface area contributed by atoms with Crippen molar-refractivity contribution in [3.8, 4) is 16.9 Å². The first-order valence-corrected chi connectivity index (χ1v) is 12.1. The van der Waals surface area contributed by atoms with Crippen molar-refractivity contribution in [2.24, 2.45) is 0 Å². The summed E-state index contributed by atoms with van der Waals surface area (Å²) in [5.41, 5.74) is 16.5. The lowest BCUT2D eigenvalue weighted by Gasteiger charge is -2.21. The maximum absolute atomic E-state index is 13.0. The van der Waals surface area contributed by atoms with Gasteiger partial charge in [-0.2, -0.15) is 4.98 Å². The Hall–Kier alpha value is -4.02. The summed E-state index contributed by atoms with van der Waals surface area (Å²) < 4.78 is 7.77. The fraction of sp³-hybridized carbons (Fsp3) is 0.259. The summed E-state index contributed by atoms with van der Waals surface area (Å²) >= 11 is 0. The predicted molar refractivity (Wildman–Crippen MR) is 156 cm³/mol. The SMILES string of the molecule is COc1c(-c2ccc3c(c2)CCN3Cc2cnc(N)nc2N)ccc2c(=O)c(C(=O)O)cn(C3CC3)c12.Cl.Cl. The number of nitrogens with zero attached hydrogens (tertiary/aromatic N) is 4. The van der Waals surface area contributed by atoms with E-state index in [0.29, 0.717) is 29.0 Å². The first-order valence-electron chi connectivity index (χ1n) is 12.1. The molecule has 6 rings (SSSR count). The largest absolute Gasteiger partial charge is 0.494 e. The Kier molecular flexibility index (Phi) is 7.63. The third kappa shape index (κ3) is 4.81. The molecular weight excluding hydrogens is 543 g/mol. The van der Waals surface area contributed by atoms with Crippen LogP contribution >= 0.6 is 24.8 Å². The third-order valence-corrected chi connectivity index (χ3v) is 7.18. The van der Waals surface area contributed by atoms with Gasteiger partial charge in [0.15, 0.2) is 5.75 Å². The normalized spacial score (nSPS) is 13.9. The lowest BCUT2D eigenvalue weighted by atomic mass is 9.98. The minimum atomic E-state index is -1.22. The number of nitrogen functional groups attached to an aromatic ring is 2. The highest BCUT2D eigenvalue weighted by Crippen LogP contribution is 2.43. The number of anilines is 3. The Morgan fingerprint density at radius 2 is 1.95 bits per heavy atom. The Morgan fingerprint density at radius 1 is 1.18 bits per heavy atom. The molecule has 4 aromatic rings. The maximum atomic E-state index is 13.0. The molecule has 12 heteroatoms. The molecule has 0 saturated heterocycles. The number of carboxylic acid groups (broad SMARTS) is 1. The van der Waals surface area contributed by atoms with Crippen LogP contribution in [0.15, 0.2) is 47.5 Å². The molecule has 10 nitrogen and oxygen atoms in total. The van der Waals surface area contributed by atoms with Crippen molar-refractivity contribution in [3.63, 3.8) is 0 Å². The van der Waals surface area contributed by atoms with Crippen LogP contribution in [-0.4, -0.2) is 39.3 Å². The molecule has 0 radical (unpaired) electrons. The van der Waals surface area contributed by atoms with Crippen LogP contribution < -0.4 is 26.5 Å². The van der Waals surface area contributed by atoms with Crippen molar-refractivity contribution in [1.82, 2.24) is 14.5 Å².